The molecule has 1 aliphatic rings. The van der Waals surface area contributed by atoms with Crippen LogP contribution in [0.15, 0.2) is 97.1 Å². The second kappa shape index (κ2) is 14.9. The zero-order chi connectivity index (χ0) is 33.5. The standard InChI is InChI=1S/C38H38F3N3O4/c1-3-5-19-44-33(36(42-37(44)29-12-7-6-8-13-29)30-14-10-16-32(22-30)48-38(39,40)41)25-43(23-27-11-9-15-31(20-27)45-4-2)24-28-17-18-34-35(21-28)47-26-46-34/h6-18,20-22H,3-5,19,23-26H2,1-2H3. The Hall–Kier alpha value is -4.96. The van der Waals surface area contributed by atoms with Gasteiger partial charge in [0.05, 0.1) is 18.0 Å². The normalized spacial score (nSPS) is 12.5. The molecule has 1 aromatic heterocycles. The maximum atomic E-state index is 13.3. The molecule has 48 heavy (non-hydrogen) atoms. The van der Waals surface area contributed by atoms with E-state index >= 15 is 0 Å². The van der Waals surface area contributed by atoms with Gasteiger partial charge in [-0.15, -0.1) is 13.2 Å². The van der Waals surface area contributed by atoms with Gasteiger partial charge >= 0.3 is 6.36 Å². The molecule has 0 saturated carbocycles. The second-order valence-corrected chi connectivity index (χ2v) is 11.6. The third-order valence-corrected chi connectivity index (χ3v) is 8.01. The summed E-state index contributed by atoms with van der Waals surface area (Å²) < 4.78 is 63.3. The minimum absolute atomic E-state index is 0.187. The van der Waals surface area contributed by atoms with Crippen molar-refractivity contribution in [1.82, 2.24) is 14.5 Å². The molecule has 5 aromatic rings. The first-order valence-electron chi connectivity index (χ1n) is 16.1. The predicted molar refractivity (Wildman–Crippen MR) is 178 cm³/mol. The monoisotopic (exact) mass is 657 g/mol. The number of hydrogen-bond acceptors (Lipinski definition) is 6. The fourth-order valence-corrected chi connectivity index (χ4v) is 5.92. The van der Waals surface area contributed by atoms with Crippen molar-refractivity contribution < 1.29 is 32.1 Å². The van der Waals surface area contributed by atoms with E-state index in [9.17, 15) is 13.2 Å². The number of rotatable bonds is 14. The molecule has 0 radical (unpaired) electrons. The Morgan fingerprint density at radius 2 is 1.50 bits per heavy atom. The van der Waals surface area contributed by atoms with Crippen LogP contribution < -0.4 is 18.9 Å². The first-order chi connectivity index (χ1) is 23.3. The molecule has 0 unspecified atom stereocenters. The minimum atomic E-state index is -4.81. The lowest BCUT2D eigenvalue weighted by atomic mass is 10.1. The summed E-state index contributed by atoms with van der Waals surface area (Å²) in [5, 5.41) is 0. The Labute approximate surface area is 278 Å². The molecule has 0 fully saturated rings. The summed E-state index contributed by atoms with van der Waals surface area (Å²) in [7, 11) is 0. The Bertz CT molecular complexity index is 1820. The molecule has 4 aromatic carbocycles. The fourth-order valence-electron chi connectivity index (χ4n) is 5.92. The molecule has 0 aliphatic carbocycles. The number of hydrogen-bond donors (Lipinski definition) is 0. The van der Waals surface area contributed by atoms with Crippen LogP contribution >= 0.6 is 0 Å². The molecule has 0 N–H and O–H groups in total. The van der Waals surface area contributed by atoms with E-state index in [0.29, 0.717) is 55.5 Å². The van der Waals surface area contributed by atoms with Crippen LogP contribution in [0.25, 0.3) is 22.6 Å². The summed E-state index contributed by atoms with van der Waals surface area (Å²) in [6, 6.07) is 29.9. The SMILES string of the molecule is CCCCn1c(-c2ccccc2)nc(-c2cccc(OC(F)(F)F)c2)c1CN(Cc1cccc(OCC)c1)Cc1ccc2c(c1)OCO2. The molecule has 6 rings (SSSR count). The molecule has 0 bridgehead atoms. The Morgan fingerprint density at radius 1 is 0.771 bits per heavy atom. The number of benzene rings is 4. The highest BCUT2D eigenvalue weighted by Gasteiger charge is 2.31. The maximum absolute atomic E-state index is 13.3. The van der Waals surface area contributed by atoms with E-state index in [4.69, 9.17) is 19.2 Å². The molecule has 2 heterocycles. The minimum Gasteiger partial charge on any atom is -0.494 e. The number of fused-ring (bicyclic) bond motifs is 1. The predicted octanol–water partition coefficient (Wildman–Crippen LogP) is 9.25. The number of imidazole rings is 1. The zero-order valence-corrected chi connectivity index (χ0v) is 27.0. The van der Waals surface area contributed by atoms with Crippen molar-refractivity contribution in [3.05, 3.63) is 114 Å². The van der Waals surface area contributed by atoms with Crippen molar-refractivity contribution in [2.45, 2.75) is 59.2 Å². The summed E-state index contributed by atoms with van der Waals surface area (Å²) in [5.41, 5.74) is 5.07. The molecular formula is C38H38F3N3O4. The summed E-state index contributed by atoms with van der Waals surface area (Å²) >= 11 is 0. The van der Waals surface area contributed by atoms with Crippen molar-refractivity contribution in [1.29, 1.82) is 0 Å². The van der Waals surface area contributed by atoms with Gasteiger partial charge in [-0.05, 0) is 60.9 Å². The number of alkyl halides is 3. The highest BCUT2D eigenvalue weighted by atomic mass is 19.4. The summed E-state index contributed by atoms with van der Waals surface area (Å²) in [5.74, 6) is 2.67. The Kier molecular flexibility index (Phi) is 10.2. The number of ether oxygens (including phenoxy) is 4. The first-order valence-corrected chi connectivity index (χ1v) is 16.1. The summed E-state index contributed by atoms with van der Waals surface area (Å²) in [4.78, 5) is 7.44. The van der Waals surface area contributed by atoms with Gasteiger partial charge in [0.1, 0.15) is 17.3 Å². The van der Waals surface area contributed by atoms with E-state index in [1.165, 1.54) is 12.1 Å². The van der Waals surface area contributed by atoms with Crippen LogP contribution in [0.1, 0.15) is 43.5 Å². The van der Waals surface area contributed by atoms with Crippen LogP contribution in [-0.2, 0) is 26.2 Å². The molecular weight excluding hydrogens is 619 g/mol. The highest BCUT2D eigenvalue weighted by molar-refractivity contribution is 5.69. The van der Waals surface area contributed by atoms with Gasteiger partial charge in [-0.25, -0.2) is 4.98 Å². The van der Waals surface area contributed by atoms with Crippen molar-refractivity contribution in [3.63, 3.8) is 0 Å². The average molecular weight is 658 g/mol. The summed E-state index contributed by atoms with van der Waals surface area (Å²) in [6.45, 7) is 7.12. The van der Waals surface area contributed by atoms with E-state index in [1.807, 2.05) is 73.7 Å². The molecule has 0 saturated heterocycles. The zero-order valence-electron chi connectivity index (χ0n) is 27.0. The second-order valence-electron chi connectivity index (χ2n) is 11.6. The van der Waals surface area contributed by atoms with Crippen LogP contribution in [0.4, 0.5) is 13.2 Å². The van der Waals surface area contributed by atoms with Gasteiger partial charge in [-0.3, -0.25) is 4.90 Å². The van der Waals surface area contributed by atoms with Gasteiger partial charge < -0.3 is 23.5 Å². The van der Waals surface area contributed by atoms with Gasteiger partial charge in [-0.1, -0.05) is 74.0 Å². The number of halogens is 3. The summed E-state index contributed by atoms with van der Waals surface area (Å²) in [6.07, 6.45) is -2.95. The van der Waals surface area contributed by atoms with Crippen molar-refractivity contribution in [2.24, 2.45) is 0 Å². The van der Waals surface area contributed by atoms with Gasteiger partial charge in [-0.2, -0.15) is 0 Å². The van der Waals surface area contributed by atoms with Crippen molar-refractivity contribution in [2.75, 3.05) is 13.4 Å². The van der Waals surface area contributed by atoms with Crippen LogP contribution in [0.2, 0.25) is 0 Å². The van der Waals surface area contributed by atoms with Crippen LogP contribution in [0.5, 0.6) is 23.0 Å². The molecule has 10 heteroatoms. The molecule has 250 valence electrons. The molecule has 0 atom stereocenters. The topological polar surface area (TPSA) is 58.0 Å². The molecule has 0 amide bonds. The number of unbranched alkanes of at least 4 members (excludes halogenated alkanes) is 1. The highest BCUT2D eigenvalue weighted by Crippen LogP contribution is 2.36. The van der Waals surface area contributed by atoms with Gasteiger partial charge in [0.15, 0.2) is 11.5 Å². The van der Waals surface area contributed by atoms with E-state index in [1.54, 1.807) is 12.1 Å². The molecule has 0 spiro atoms. The lowest BCUT2D eigenvalue weighted by Gasteiger charge is -2.25. The third-order valence-electron chi connectivity index (χ3n) is 8.01. The molecule has 7 nitrogen and oxygen atoms in total. The quantitative estimate of drug-likeness (QED) is 0.119. The van der Waals surface area contributed by atoms with Crippen molar-refractivity contribution in [3.8, 4) is 45.6 Å². The van der Waals surface area contributed by atoms with Gasteiger partial charge in [0, 0.05) is 37.3 Å². The Morgan fingerprint density at radius 3 is 2.27 bits per heavy atom. The van der Waals surface area contributed by atoms with Crippen LogP contribution in [-0.4, -0.2) is 34.2 Å². The average Bonchev–Trinajstić information content (AvgIpc) is 3.68. The number of aromatic nitrogens is 2. The Balaban J connectivity index is 1.46. The molecule has 1 aliphatic heterocycles. The van der Waals surface area contributed by atoms with E-state index < -0.39 is 6.36 Å². The van der Waals surface area contributed by atoms with Crippen molar-refractivity contribution >= 4 is 0 Å². The smallest absolute Gasteiger partial charge is 0.494 e. The van der Waals surface area contributed by atoms with Crippen LogP contribution in [0, 0.1) is 0 Å². The largest absolute Gasteiger partial charge is 0.573 e. The lowest BCUT2D eigenvalue weighted by molar-refractivity contribution is -0.274. The third kappa shape index (κ3) is 8.12. The lowest BCUT2D eigenvalue weighted by Crippen LogP contribution is -2.24. The van der Waals surface area contributed by atoms with E-state index in [-0.39, 0.29) is 12.5 Å². The van der Waals surface area contributed by atoms with Crippen LogP contribution in [0.3, 0.4) is 0 Å². The maximum Gasteiger partial charge on any atom is 0.573 e. The van der Waals surface area contributed by atoms with Gasteiger partial charge in [0.25, 0.3) is 0 Å². The van der Waals surface area contributed by atoms with E-state index in [2.05, 4.69) is 27.2 Å². The van der Waals surface area contributed by atoms with Gasteiger partial charge in [0.2, 0.25) is 6.79 Å². The number of nitrogens with zero attached hydrogens (tertiary/aromatic N) is 3. The first kappa shape index (κ1) is 33.0. The van der Waals surface area contributed by atoms with E-state index in [0.717, 1.165) is 46.8 Å². The fraction of sp³-hybridized carbons (Fsp3) is 0.289.